The van der Waals surface area contributed by atoms with E-state index in [0.717, 1.165) is 11.3 Å². The highest BCUT2D eigenvalue weighted by molar-refractivity contribution is 6.58. The van der Waals surface area contributed by atoms with E-state index in [1.807, 2.05) is 20.8 Å². The minimum Gasteiger partial charge on any atom is -0.491 e. The molecule has 0 unspecified atom stereocenters. The van der Waals surface area contributed by atoms with Crippen molar-refractivity contribution < 1.29 is 14.8 Å². The fourth-order valence-electron chi connectivity index (χ4n) is 1.22. The van der Waals surface area contributed by atoms with Crippen molar-refractivity contribution in [1.82, 2.24) is 0 Å². The lowest BCUT2D eigenvalue weighted by molar-refractivity contribution is 0.241. The van der Waals surface area contributed by atoms with Gasteiger partial charge in [0.05, 0.1) is 6.10 Å². The van der Waals surface area contributed by atoms with Gasteiger partial charge < -0.3 is 14.8 Å². The SMILES string of the molecule is Cc1cc(B(O)O)ccc1OC(C)C. The monoisotopic (exact) mass is 194 g/mol. The molecule has 14 heavy (non-hydrogen) atoms. The van der Waals surface area contributed by atoms with Crippen molar-refractivity contribution in [3.63, 3.8) is 0 Å². The molecule has 0 bridgehead atoms. The topological polar surface area (TPSA) is 49.7 Å². The van der Waals surface area contributed by atoms with Gasteiger partial charge in [0.2, 0.25) is 0 Å². The number of rotatable bonds is 3. The second-order valence-electron chi connectivity index (χ2n) is 3.57. The predicted molar refractivity (Wildman–Crippen MR) is 56.8 cm³/mol. The molecule has 1 aromatic carbocycles. The number of hydrogen-bond donors (Lipinski definition) is 2. The maximum atomic E-state index is 8.94. The first-order valence-corrected chi connectivity index (χ1v) is 4.64. The van der Waals surface area contributed by atoms with Crippen LogP contribution in [0.1, 0.15) is 19.4 Å². The van der Waals surface area contributed by atoms with E-state index in [0.29, 0.717) is 5.46 Å². The summed E-state index contributed by atoms with van der Waals surface area (Å²) in [6, 6.07) is 5.11. The third kappa shape index (κ3) is 2.75. The van der Waals surface area contributed by atoms with E-state index in [2.05, 4.69) is 0 Å². The largest absolute Gasteiger partial charge is 0.491 e. The van der Waals surface area contributed by atoms with Gasteiger partial charge in [-0.25, -0.2) is 0 Å². The average Bonchev–Trinajstić information content (AvgIpc) is 2.07. The molecule has 4 heteroatoms. The first-order valence-electron chi connectivity index (χ1n) is 4.64. The van der Waals surface area contributed by atoms with Gasteiger partial charge in [0, 0.05) is 0 Å². The van der Waals surface area contributed by atoms with Crippen molar-refractivity contribution in [2.45, 2.75) is 26.9 Å². The summed E-state index contributed by atoms with van der Waals surface area (Å²) in [7, 11) is -1.41. The van der Waals surface area contributed by atoms with E-state index in [1.165, 1.54) is 0 Å². The van der Waals surface area contributed by atoms with Crippen molar-refractivity contribution in [3.8, 4) is 5.75 Å². The van der Waals surface area contributed by atoms with Crippen LogP contribution in [0.4, 0.5) is 0 Å². The van der Waals surface area contributed by atoms with Crippen LogP contribution in [-0.4, -0.2) is 23.3 Å². The summed E-state index contributed by atoms with van der Waals surface area (Å²) in [5, 5.41) is 17.9. The van der Waals surface area contributed by atoms with Crippen molar-refractivity contribution in [2.24, 2.45) is 0 Å². The smallest absolute Gasteiger partial charge is 0.488 e. The van der Waals surface area contributed by atoms with E-state index in [-0.39, 0.29) is 6.10 Å². The molecule has 0 amide bonds. The van der Waals surface area contributed by atoms with Crippen LogP contribution in [0.25, 0.3) is 0 Å². The molecule has 1 rings (SSSR count). The lowest BCUT2D eigenvalue weighted by Crippen LogP contribution is -2.29. The maximum absolute atomic E-state index is 8.94. The Hall–Kier alpha value is -0.995. The zero-order valence-electron chi connectivity index (χ0n) is 8.69. The molecule has 1 aromatic rings. The van der Waals surface area contributed by atoms with Crippen molar-refractivity contribution in [2.75, 3.05) is 0 Å². The Morgan fingerprint density at radius 3 is 2.36 bits per heavy atom. The molecule has 2 N–H and O–H groups in total. The van der Waals surface area contributed by atoms with E-state index in [4.69, 9.17) is 14.8 Å². The molecule has 0 spiro atoms. The van der Waals surface area contributed by atoms with E-state index >= 15 is 0 Å². The molecule has 3 nitrogen and oxygen atoms in total. The Morgan fingerprint density at radius 1 is 1.29 bits per heavy atom. The van der Waals surface area contributed by atoms with Gasteiger partial charge in [-0.05, 0) is 37.9 Å². The summed E-state index contributed by atoms with van der Waals surface area (Å²) >= 11 is 0. The molecule has 0 aromatic heterocycles. The maximum Gasteiger partial charge on any atom is 0.488 e. The normalized spacial score (nSPS) is 10.4. The number of aryl methyl sites for hydroxylation is 1. The Labute approximate surface area is 84.5 Å². The second-order valence-corrected chi connectivity index (χ2v) is 3.57. The molecule has 0 fully saturated rings. The van der Waals surface area contributed by atoms with Crippen LogP contribution in [0.2, 0.25) is 0 Å². The lowest BCUT2D eigenvalue weighted by Gasteiger charge is -2.13. The molecule has 0 aliphatic rings. The molecule has 0 heterocycles. The Kier molecular flexibility index (Phi) is 3.55. The van der Waals surface area contributed by atoms with Crippen LogP contribution in [0, 0.1) is 6.92 Å². The molecule has 76 valence electrons. The van der Waals surface area contributed by atoms with Crippen LogP contribution < -0.4 is 10.2 Å². The highest BCUT2D eigenvalue weighted by Gasteiger charge is 2.12. The van der Waals surface area contributed by atoms with Gasteiger partial charge in [-0.15, -0.1) is 0 Å². The quantitative estimate of drug-likeness (QED) is 0.687. The summed E-state index contributed by atoms with van der Waals surface area (Å²) < 4.78 is 5.52. The molecule has 0 aliphatic heterocycles. The van der Waals surface area contributed by atoms with Gasteiger partial charge in [-0.2, -0.15) is 0 Å². The third-order valence-electron chi connectivity index (χ3n) is 1.86. The summed E-state index contributed by atoms with van der Waals surface area (Å²) in [4.78, 5) is 0. The fraction of sp³-hybridized carbons (Fsp3) is 0.400. The summed E-state index contributed by atoms with van der Waals surface area (Å²) in [6.07, 6.45) is 0.124. The van der Waals surface area contributed by atoms with E-state index in [1.54, 1.807) is 18.2 Å². The minimum atomic E-state index is -1.41. The Morgan fingerprint density at radius 2 is 1.93 bits per heavy atom. The van der Waals surface area contributed by atoms with Gasteiger partial charge in [-0.1, -0.05) is 12.1 Å². The number of benzene rings is 1. The number of hydrogen-bond acceptors (Lipinski definition) is 3. The van der Waals surface area contributed by atoms with E-state index in [9.17, 15) is 0 Å². The van der Waals surface area contributed by atoms with Gasteiger partial charge >= 0.3 is 7.12 Å². The minimum absolute atomic E-state index is 0.124. The van der Waals surface area contributed by atoms with Crippen LogP contribution >= 0.6 is 0 Å². The van der Waals surface area contributed by atoms with Gasteiger partial charge in [-0.3, -0.25) is 0 Å². The summed E-state index contributed by atoms with van der Waals surface area (Å²) in [5.41, 5.74) is 1.39. The van der Waals surface area contributed by atoms with Crippen LogP contribution in [0.5, 0.6) is 5.75 Å². The summed E-state index contributed by atoms with van der Waals surface area (Å²) in [5.74, 6) is 0.782. The molecule has 0 radical (unpaired) electrons. The van der Waals surface area contributed by atoms with Crippen molar-refractivity contribution in [1.29, 1.82) is 0 Å². The molecular weight excluding hydrogens is 179 g/mol. The third-order valence-corrected chi connectivity index (χ3v) is 1.86. The first kappa shape index (κ1) is 11.1. The first-order chi connectivity index (χ1) is 6.50. The van der Waals surface area contributed by atoms with Gasteiger partial charge in [0.25, 0.3) is 0 Å². The molecule has 0 atom stereocenters. The van der Waals surface area contributed by atoms with Crippen molar-refractivity contribution in [3.05, 3.63) is 23.8 Å². The summed E-state index contributed by atoms with van der Waals surface area (Å²) in [6.45, 7) is 5.78. The van der Waals surface area contributed by atoms with Crippen LogP contribution in [-0.2, 0) is 0 Å². The molecule has 0 saturated heterocycles. The predicted octanol–water partition coefficient (Wildman–Crippen LogP) is 0.462. The standard InChI is InChI=1S/C10H15BO3/c1-7(2)14-10-5-4-9(11(12)13)6-8(10)3/h4-7,12-13H,1-3H3. The van der Waals surface area contributed by atoms with Crippen molar-refractivity contribution >= 4 is 12.6 Å². The molecular formula is C10H15BO3. The van der Waals surface area contributed by atoms with Crippen LogP contribution in [0.15, 0.2) is 18.2 Å². The van der Waals surface area contributed by atoms with Gasteiger partial charge in [0.1, 0.15) is 5.75 Å². The number of ether oxygens (including phenoxy) is 1. The fourth-order valence-corrected chi connectivity index (χ4v) is 1.22. The second kappa shape index (κ2) is 4.48. The zero-order chi connectivity index (χ0) is 10.7. The zero-order valence-corrected chi connectivity index (χ0v) is 8.69. The van der Waals surface area contributed by atoms with Gasteiger partial charge in [0.15, 0.2) is 0 Å². The Bertz CT molecular complexity index is 310. The average molecular weight is 194 g/mol. The highest BCUT2D eigenvalue weighted by atomic mass is 16.5. The highest BCUT2D eigenvalue weighted by Crippen LogP contribution is 2.16. The lowest BCUT2D eigenvalue weighted by atomic mass is 9.79. The van der Waals surface area contributed by atoms with Crippen LogP contribution in [0.3, 0.4) is 0 Å². The molecule has 0 saturated carbocycles. The Balaban J connectivity index is 2.90. The molecule has 0 aliphatic carbocycles. The van der Waals surface area contributed by atoms with E-state index < -0.39 is 7.12 Å².